The van der Waals surface area contributed by atoms with Crippen molar-refractivity contribution in [2.75, 3.05) is 9.80 Å². The summed E-state index contributed by atoms with van der Waals surface area (Å²) in [5, 5.41) is 23.9. The van der Waals surface area contributed by atoms with Gasteiger partial charge in [0.15, 0.2) is 5.52 Å². The van der Waals surface area contributed by atoms with Crippen LogP contribution >= 0.6 is 0 Å². The fraction of sp³-hybridized carbons (Fsp3) is 0. The van der Waals surface area contributed by atoms with Gasteiger partial charge in [-0.25, -0.2) is 0 Å². The maximum atomic E-state index is 6.81. The van der Waals surface area contributed by atoms with Crippen molar-refractivity contribution < 1.29 is 13.3 Å². The molecule has 0 bridgehead atoms. The van der Waals surface area contributed by atoms with Crippen molar-refractivity contribution in [2.45, 2.75) is 0 Å². The summed E-state index contributed by atoms with van der Waals surface area (Å²) in [6.07, 6.45) is 0. The van der Waals surface area contributed by atoms with E-state index in [0.717, 1.165) is 110 Å². The Labute approximate surface area is 392 Å². The Morgan fingerprint density at radius 1 is 0.290 bits per heavy atom. The largest absolute Gasteiger partial charge is 0.456 e. The van der Waals surface area contributed by atoms with Gasteiger partial charge in [-0.15, -0.1) is 10.2 Å². The van der Waals surface area contributed by atoms with Gasteiger partial charge in [-0.05, 0) is 93.0 Å². The molecule has 0 saturated carbocycles. The lowest BCUT2D eigenvalue weighted by atomic mass is 9.99. The number of hydrogen-bond acceptors (Lipinski definition) is 8. The highest BCUT2D eigenvalue weighted by Gasteiger charge is 2.25. The summed E-state index contributed by atoms with van der Waals surface area (Å²) in [6.45, 7) is 0. The average Bonchev–Trinajstić information content (AvgIpc) is 4.09. The first-order chi connectivity index (χ1) is 34.2. The summed E-state index contributed by atoms with van der Waals surface area (Å²) in [5.41, 5.74) is 9.42. The van der Waals surface area contributed by atoms with Gasteiger partial charge < -0.3 is 18.2 Å². The van der Waals surface area contributed by atoms with E-state index < -0.39 is 0 Å². The van der Waals surface area contributed by atoms with E-state index in [1.54, 1.807) is 0 Å². The molecule has 0 aliphatic rings. The fourth-order valence-corrected chi connectivity index (χ4v) is 10.6. The van der Waals surface area contributed by atoms with E-state index in [0.29, 0.717) is 22.8 Å². The smallest absolute Gasteiger partial charge is 0.257 e. The van der Waals surface area contributed by atoms with E-state index in [4.69, 9.17) is 28.4 Å². The van der Waals surface area contributed by atoms with Gasteiger partial charge in [0.1, 0.15) is 27.9 Å². The Hall–Kier alpha value is -9.53. The maximum Gasteiger partial charge on any atom is 0.257 e. The summed E-state index contributed by atoms with van der Waals surface area (Å²) in [6, 6.07) is 73.8. The van der Waals surface area contributed by atoms with Crippen molar-refractivity contribution in [3.8, 4) is 0 Å². The number of furan rings is 3. The Bertz CT molecular complexity index is 4320. The highest BCUT2D eigenvalue weighted by molar-refractivity contribution is 6.17. The lowest BCUT2D eigenvalue weighted by Gasteiger charge is -2.27. The SMILES string of the molecule is c1ccc2c(c1)cc(N(c1ccc3c(c1)oc1ccccc13)c1ccc3c(c1)oc1nc(N(c4ccc5c(c4)oc4ccccc45)c4cc5ccccc5c5ccccc45)nnc13)c1ccccc12. The number of aromatic nitrogens is 3. The molecule has 0 unspecified atom stereocenters. The molecular formula is C61H35N5O3. The molecule has 8 nitrogen and oxygen atoms in total. The minimum atomic E-state index is 0.362. The van der Waals surface area contributed by atoms with E-state index in [-0.39, 0.29) is 0 Å². The van der Waals surface area contributed by atoms with E-state index in [1.807, 2.05) is 36.4 Å². The van der Waals surface area contributed by atoms with Gasteiger partial charge in [-0.3, -0.25) is 4.90 Å². The topological polar surface area (TPSA) is 84.6 Å². The molecule has 0 saturated heterocycles. The first-order valence-electron chi connectivity index (χ1n) is 23.0. The van der Waals surface area contributed by atoms with Crippen molar-refractivity contribution in [2.24, 2.45) is 0 Å². The molecular weight excluding hydrogens is 851 g/mol. The van der Waals surface area contributed by atoms with Gasteiger partial charge in [0, 0.05) is 61.9 Å². The van der Waals surface area contributed by atoms with Crippen LogP contribution in [-0.4, -0.2) is 15.2 Å². The second-order valence-electron chi connectivity index (χ2n) is 17.6. The molecule has 15 aromatic rings. The third-order valence-corrected chi connectivity index (χ3v) is 13.7. The Morgan fingerprint density at radius 2 is 0.696 bits per heavy atom. The van der Waals surface area contributed by atoms with Gasteiger partial charge in [-0.1, -0.05) is 133 Å². The van der Waals surface area contributed by atoms with Crippen LogP contribution in [0.5, 0.6) is 0 Å². The van der Waals surface area contributed by atoms with Crippen molar-refractivity contribution >= 4 is 144 Å². The molecule has 0 aliphatic carbocycles. The molecule has 0 atom stereocenters. The highest BCUT2D eigenvalue weighted by Crippen LogP contribution is 2.46. The summed E-state index contributed by atoms with van der Waals surface area (Å²) in [5.74, 6) is 0.362. The molecule has 4 aromatic heterocycles. The lowest BCUT2D eigenvalue weighted by molar-refractivity contribution is 0.650. The predicted molar refractivity (Wildman–Crippen MR) is 281 cm³/mol. The van der Waals surface area contributed by atoms with Crippen LogP contribution in [0.3, 0.4) is 0 Å². The van der Waals surface area contributed by atoms with Crippen LogP contribution < -0.4 is 9.80 Å². The van der Waals surface area contributed by atoms with Gasteiger partial charge in [-0.2, -0.15) is 4.98 Å². The molecule has 0 amide bonds. The third-order valence-electron chi connectivity index (χ3n) is 13.7. The Morgan fingerprint density at radius 3 is 1.25 bits per heavy atom. The second kappa shape index (κ2) is 14.5. The molecule has 11 aromatic carbocycles. The van der Waals surface area contributed by atoms with Crippen molar-refractivity contribution in [3.05, 3.63) is 212 Å². The van der Waals surface area contributed by atoms with Crippen molar-refractivity contribution in [3.63, 3.8) is 0 Å². The molecule has 4 heterocycles. The highest BCUT2D eigenvalue weighted by atomic mass is 16.3. The van der Waals surface area contributed by atoms with Gasteiger partial charge >= 0.3 is 0 Å². The predicted octanol–water partition coefficient (Wildman–Crippen LogP) is 17.1. The molecule has 0 spiro atoms. The zero-order valence-corrected chi connectivity index (χ0v) is 36.7. The number of rotatable bonds is 6. The zero-order valence-electron chi connectivity index (χ0n) is 36.7. The van der Waals surface area contributed by atoms with Crippen LogP contribution in [0.2, 0.25) is 0 Å². The minimum Gasteiger partial charge on any atom is -0.456 e. The quantitative estimate of drug-likeness (QED) is 0.153. The number of hydrogen-bond donors (Lipinski definition) is 0. The molecule has 322 valence electrons. The summed E-state index contributed by atoms with van der Waals surface area (Å²) in [4.78, 5) is 9.58. The number of nitrogens with zero attached hydrogens (tertiary/aromatic N) is 5. The number of fused-ring (bicyclic) bond motifs is 15. The van der Waals surface area contributed by atoms with Crippen LogP contribution in [0.15, 0.2) is 226 Å². The monoisotopic (exact) mass is 885 g/mol. The molecule has 15 rings (SSSR count). The van der Waals surface area contributed by atoms with E-state index in [9.17, 15) is 0 Å². The number of benzene rings is 11. The van der Waals surface area contributed by atoms with Crippen molar-refractivity contribution in [1.82, 2.24) is 15.2 Å². The lowest BCUT2D eigenvalue weighted by Crippen LogP contribution is -2.14. The van der Waals surface area contributed by atoms with Crippen LogP contribution in [0.1, 0.15) is 0 Å². The summed E-state index contributed by atoms with van der Waals surface area (Å²) < 4.78 is 19.7. The van der Waals surface area contributed by atoms with E-state index in [1.165, 1.54) is 10.8 Å². The first-order valence-corrected chi connectivity index (χ1v) is 23.0. The molecule has 69 heavy (non-hydrogen) atoms. The zero-order chi connectivity index (χ0) is 45.2. The van der Waals surface area contributed by atoms with Crippen LogP contribution in [0.4, 0.5) is 34.4 Å². The van der Waals surface area contributed by atoms with Gasteiger partial charge in [0.25, 0.3) is 11.7 Å². The fourth-order valence-electron chi connectivity index (χ4n) is 10.6. The van der Waals surface area contributed by atoms with Gasteiger partial charge in [0.05, 0.1) is 22.4 Å². The Kier molecular flexibility index (Phi) is 7.91. The summed E-state index contributed by atoms with van der Waals surface area (Å²) in [7, 11) is 0. The standard InChI is InChI=1S/C61H35N5O3/c1-3-15-41-36(13-1)31-52(45-19-7-5-17-43(41)45)65(38-25-28-49-47-21-9-11-23-54(47)67-56(49)33-38)39-27-30-51-58(34-39)69-60-59(51)63-64-61(62-60)66(40-26-29-50-48-22-10-12-24-55(48)68-57(50)35-40)53-32-37-14-2-4-16-42(37)44-18-6-8-20-46(44)53/h1-35H. The molecule has 0 fully saturated rings. The normalized spacial score (nSPS) is 12.1. The molecule has 0 radical (unpaired) electrons. The molecule has 0 aliphatic heterocycles. The Balaban J connectivity index is 0.933. The summed E-state index contributed by atoms with van der Waals surface area (Å²) >= 11 is 0. The molecule has 0 N–H and O–H groups in total. The average molecular weight is 886 g/mol. The third kappa shape index (κ3) is 5.72. The number of anilines is 6. The minimum absolute atomic E-state index is 0.362. The van der Waals surface area contributed by atoms with Gasteiger partial charge in [0.2, 0.25) is 0 Å². The second-order valence-corrected chi connectivity index (χ2v) is 17.6. The van der Waals surface area contributed by atoms with Crippen LogP contribution in [0.25, 0.3) is 109 Å². The van der Waals surface area contributed by atoms with Crippen LogP contribution in [0, 0.1) is 0 Å². The van der Waals surface area contributed by atoms with E-state index in [2.05, 4.69) is 186 Å². The number of para-hydroxylation sites is 2. The van der Waals surface area contributed by atoms with Crippen molar-refractivity contribution in [1.29, 1.82) is 0 Å². The first kappa shape index (κ1) is 37.7. The van der Waals surface area contributed by atoms with E-state index >= 15 is 0 Å². The maximum absolute atomic E-state index is 6.81. The van der Waals surface area contributed by atoms with Crippen LogP contribution in [-0.2, 0) is 0 Å². The molecule has 8 heteroatoms.